The summed E-state index contributed by atoms with van der Waals surface area (Å²) < 4.78 is 5.70. The molecule has 1 nitrogen and oxygen atoms in total. The van der Waals surface area contributed by atoms with Crippen LogP contribution in [-0.2, 0) is 4.74 Å². The third-order valence-electron chi connectivity index (χ3n) is 3.82. The van der Waals surface area contributed by atoms with Crippen molar-refractivity contribution in [3.8, 4) is 0 Å². The fraction of sp³-hybridized carbons (Fsp3) is 0.867. The number of hydrogen-bond acceptors (Lipinski definition) is 1. The largest absolute Gasteiger partial charge is 0.370 e. The van der Waals surface area contributed by atoms with Crippen LogP contribution in [0.5, 0.6) is 0 Å². The predicted molar refractivity (Wildman–Crippen MR) is 68.6 cm³/mol. The number of hydrogen-bond donors (Lipinski definition) is 0. The summed E-state index contributed by atoms with van der Waals surface area (Å²) in [5, 5.41) is 0. The van der Waals surface area contributed by atoms with Gasteiger partial charge in [0, 0.05) is 0 Å². The van der Waals surface area contributed by atoms with E-state index in [1.54, 1.807) is 0 Å². The summed E-state index contributed by atoms with van der Waals surface area (Å²) in [5.41, 5.74) is 0. The van der Waals surface area contributed by atoms with Gasteiger partial charge in [0.25, 0.3) is 0 Å². The van der Waals surface area contributed by atoms with E-state index in [0.29, 0.717) is 12.2 Å². The molecule has 0 aromatic heterocycles. The van der Waals surface area contributed by atoms with Crippen molar-refractivity contribution in [1.29, 1.82) is 0 Å². The number of allylic oxidation sites excluding steroid dienone is 2. The van der Waals surface area contributed by atoms with E-state index in [1.165, 1.54) is 70.6 Å². The van der Waals surface area contributed by atoms with Crippen LogP contribution in [-0.4, -0.2) is 12.2 Å². The predicted octanol–water partition coefficient (Wildman–Crippen LogP) is 4.61. The minimum Gasteiger partial charge on any atom is -0.370 e. The molecule has 2 rings (SSSR count). The van der Waals surface area contributed by atoms with Crippen molar-refractivity contribution in [2.75, 3.05) is 0 Å². The summed E-state index contributed by atoms with van der Waals surface area (Å²) in [7, 11) is 0. The van der Waals surface area contributed by atoms with Gasteiger partial charge in [-0.15, -0.1) is 0 Å². The molecule has 1 aliphatic carbocycles. The summed E-state index contributed by atoms with van der Waals surface area (Å²) in [4.78, 5) is 0. The lowest BCUT2D eigenvalue weighted by molar-refractivity contribution is 0.348. The lowest BCUT2D eigenvalue weighted by Crippen LogP contribution is -1.94. The summed E-state index contributed by atoms with van der Waals surface area (Å²) in [6.45, 7) is 0. The van der Waals surface area contributed by atoms with Crippen LogP contribution in [0.3, 0.4) is 0 Å². The van der Waals surface area contributed by atoms with Crippen molar-refractivity contribution >= 4 is 0 Å². The zero-order valence-electron chi connectivity index (χ0n) is 10.5. The van der Waals surface area contributed by atoms with E-state index >= 15 is 0 Å². The minimum atomic E-state index is 0.633. The first kappa shape index (κ1) is 12.2. The Bertz CT molecular complexity index is 209. The first-order valence-electron chi connectivity index (χ1n) is 7.27. The highest BCUT2D eigenvalue weighted by Crippen LogP contribution is 2.31. The maximum Gasteiger partial charge on any atom is 0.0841 e. The van der Waals surface area contributed by atoms with Crippen LogP contribution in [0.15, 0.2) is 12.2 Å². The van der Waals surface area contributed by atoms with Gasteiger partial charge in [-0.25, -0.2) is 0 Å². The van der Waals surface area contributed by atoms with E-state index in [9.17, 15) is 0 Å². The Morgan fingerprint density at radius 1 is 0.625 bits per heavy atom. The van der Waals surface area contributed by atoms with Crippen LogP contribution in [0.25, 0.3) is 0 Å². The van der Waals surface area contributed by atoms with Crippen LogP contribution in [0, 0.1) is 0 Å². The molecule has 2 aliphatic rings. The maximum atomic E-state index is 5.70. The summed E-state index contributed by atoms with van der Waals surface area (Å²) in [6, 6.07) is 0. The molecular formula is C15H26O. The lowest BCUT2D eigenvalue weighted by atomic mass is 10.1. The van der Waals surface area contributed by atoms with E-state index < -0.39 is 0 Å². The Hall–Kier alpha value is -0.300. The Morgan fingerprint density at radius 3 is 1.88 bits per heavy atom. The fourth-order valence-electron chi connectivity index (χ4n) is 2.67. The Labute approximate surface area is 100 Å². The van der Waals surface area contributed by atoms with Crippen molar-refractivity contribution in [2.45, 2.75) is 82.8 Å². The van der Waals surface area contributed by atoms with Gasteiger partial charge in [0.15, 0.2) is 0 Å². The van der Waals surface area contributed by atoms with Crippen LogP contribution in [0.4, 0.5) is 0 Å². The number of fused-ring (bicyclic) bond motifs is 1. The molecule has 0 amide bonds. The fourth-order valence-corrected chi connectivity index (χ4v) is 2.67. The van der Waals surface area contributed by atoms with E-state index in [-0.39, 0.29) is 0 Å². The Kier molecular flexibility index (Phi) is 5.41. The molecule has 1 aliphatic heterocycles. The zero-order chi connectivity index (χ0) is 11.1. The SMILES string of the molecule is C1=CCCCCC2OC2CCCCCCC1. The van der Waals surface area contributed by atoms with Gasteiger partial charge in [-0.3, -0.25) is 0 Å². The van der Waals surface area contributed by atoms with E-state index in [0.717, 1.165) is 0 Å². The molecule has 1 heterocycles. The highest BCUT2D eigenvalue weighted by molar-refractivity contribution is 4.86. The molecule has 0 aromatic carbocycles. The van der Waals surface area contributed by atoms with E-state index in [1.807, 2.05) is 0 Å². The van der Waals surface area contributed by atoms with E-state index in [2.05, 4.69) is 12.2 Å². The second-order valence-electron chi connectivity index (χ2n) is 5.31. The van der Waals surface area contributed by atoms with Crippen LogP contribution in [0.2, 0.25) is 0 Å². The van der Waals surface area contributed by atoms with Gasteiger partial charge in [-0.05, 0) is 38.5 Å². The molecule has 0 aromatic rings. The van der Waals surface area contributed by atoms with Crippen LogP contribution < -0.4 is 0 Å². The molecule has 92 valence electrons. The number of rotatable bonds is 0. The molecule has 16 heavy (non-hydrogen) atoms. The number of ether oxygens (including phenoxy) is 1. The summed E-state index contributed by atoms with van der Waals surface area (Å²) in [5.74, 6) is 0. The van der Waals surface area contributed by atoms with Gasteiger partial charge in [0.05, 0.1) is 12.2 Å². The summed E-state index contributed by atoms with van der Waals surface area (Å²) >= 11 is 0. The number of epoxide rings is 1. The monoisotopic (exact) mass is 222 g/mol. The Balaban J connectivity index is 1.65. The van der Waals surface area contributed by atoms with Gasteiger partial charge in [0.1, 0.15) is 0 Å². The molecule has 1 heteroatoms. The Morgan fingerprint density at radius 2 is 1.12 bits per heavy atom. The molecule has 0 saturated carbocycles. The normalized spacial score (nSPS) is 33.5. The molecular weight excluding hydrogens is 196 g/mol. The van der Waals surface area contributed by atoms with Crippen LogP contribution >= 0.6 is 0 Å². The molecule has 0 radical (unpaired) electrons. The van der Waals surface area contributed by atoms with Crippen LogP contribution in [0.1, 0.15) is 70.6 Å². The van der Waals surface area contributed by atoms with E-state index in [4.69, 9.17) is 4.74 Å². The first-order chi connectivity index (χ1) is 7.97. The van der Waals surface area contributed by atoms with Crippen molar-refractivity contribution in [3.63, 3.8) is 0 Å². The molecule has 1 saturated heterocycles. The molecule has 2 atom stereocenters. The molecule has 1 fully saturated rings. The first-order valence-corrected chi connectivity index (χ1v) is 7.27. The average molecular weight is 222 g/mol. The average Bonchev–Trinajstić information content (AvgIpc) is 3.02. The second kappa shape index (κ2) is 7.11. The van der Waals surface area contributed by atoms with Gasteiger partial charge in [-0.2, -0.15) is 0 Å². The van der Waals surface area contributed by atoms with Crippen molar-refractivity contribution in [1.82, 2.24) is 0 Å². The standard InChI is InChI=1S/C15H26O/c1-2-4-6-8-10-12-14-15(16-14)13-11-9-7-5-3-1/h2,4,14-15H,1,3,5-13H2. The molecule has 0 bridgehead atoms. The van der Waals surface area contributed by atoms with Crippen molar-refractivity contribution < 1.29 is 4.74 Å². The van der Waals surface area contributed by atoms with Gasteiger partial charge in [-0.1, -0.05) is 44.3 Å². The smallest absolute Gasteiger partial charge is 0.0841 e. The quantitative estimate of drug-likeness (QED) is 0.430. The highest BCUT2D eigenvalue weighted by atomic mass is 16.6. The summed E-state index contributed by atoms with van der Waals surface area (Å²) in [6.07, 6.45) is 21.0. The van der Waals surface area contributed by atoms with Gasteiger partial charge in [0.2, 0.25) is 0 Å². The molecule has 2 unspecified atom stereocenters. The third kappa shape index (κ3) is 4.69. The van der Waals surface area contributed by atoms with Gasteiger partial charge < -0.3 is 4.74 Å². The highest BCUT2D eigenvalue weighted by Gasteiger charge is 2.36. The molecule has 0 N–H and O–H groups in total. The van der Waals surface area contributed by atoms with Crippen molar-refractivity contribution in [2.24, 2.45) is 0 Å². The minimum absolute atomic E-state index is 0.633. The van der Waals surface area contributed by atoms with Gasteiger partial charge >= 0.3 is 0 Å². The maximum absolute atomic E-state index is 5.70. The third-order valence-corrected chi connectivity index (χ3v) is 3.82. The van der Waals surface area contributed by atoms with Crippen molar-refractivity contribution in [3.05, 3.63) is 12.2 Å². The second-order valence-corrected chi connectivity index (χ2v) is 5.31. The topological polar surface area (TPSA) is 12.5 Å². The lowest BCUT2D eigenvalue weighted by Gasteiger charge is -1.98. The molecule has 0 spiro atoms. The zero-order valence-corrected chi connectivity index (χ0v) is 10.5.